The molecule has 1 unspecified atom stereocenters. The summed E-state index contributed by atoms with van der Waals surface area (Å²) in [6.07, 6.45) is 7.29. The van der Waals surface area contributed by atoms with Gasteiger partial charge >= 0.3 is 0 Å². The molecule has 12 heteroatoms. The Morgan fingerprint density at radius 2 is 2.00 bits per heavy atom. The maximum atomic E-state index is 14.6. The van der Waals surface area contributed by atoms with E-state index in [4.69, 9.17) is 0 Å². The SMILES string of the molecule is Cc1ccc(CNC(=O)c2cn(CC(F)CCn3ccc(NC(=O)CC4CCCC4)c(F)c3=O)nn2)cn1. The van der Waals surface area contributed by atoms with E-state index in [-0.39, 0.29) is 43.3 Å². The van der Waals surface area contributed by atoms with Crippen molar-refractivity contribution in [2.75, 3.05) is 5.32 Å². The topological polar surface area (TPSA) is 124 Å². The Morgan fingerprint density at radius 3 is 2.74 bits per heavy atom. The summed E-state index contributed by atoms with van der Waals surface area (Å²) in [7, 11) is 0. The lowest BCUT2D eigenvalue weighted by atomic mass is 10.0. The summed E-state index contributed by atoms with van der Waals surface area (Å²) in [5, 5.41) is 12.8. The number of pyridine rings is 2. The lowest BCUT2D eigenvalue weighted by Crippen LogP contribution is -2.27. The first-order chi connectivity index (χ1) is 18.3. The highest BCUT2D eigenvalue weighted by atomic mass is 19.1. The number of anilines is 1. The van der Waals surface area contributed by atoms with Crippen LogP contribution in [0.3, 0.4) is 0 Å². The first-order valence-electron chi connectivity index (χ1n) is 12.7. The van der Waals surface area contributed by atoms with Crippen LogP contribution in [-0.4, -0.2) is 42.5 Å². The minimum atomic E-state index is -1.42. The highest BCUT2D eigenvalue weighted by Crippen LogP contribution is 2.27. The van der Waals surface area contributed by atoms with Crippen LogP contribution in [-0.2, 0) is 24.4 Å². The Kier molecular flexibility index (Phi) is 8.93. The molecule has 10 nitrogen and oxygen atoms in total. The minimum absolute atomic E-state index is 0.0427. The maximum Gasteiger partial charge on any atom is 0.288 e. The van der Waals surface area contributed by atoms with Crippen LogP contribution < -0.4 is 16.2 Å². The van der Waals surface area contributed by atoms with Crippen molar-refractivity contribution < 1.29 is 18.4 Å². The largest absolute Gasteiger partial charge is 0.346 e. The average Bonchev–Trinajstić information content (AvgIpc) is 3.58. The first kappa shape index (κ1) is 27.1. The molecule has 3 aromatic heterocycles. The highest BCUT2D eigenvalue weighted by Gasteiger charge is 2.20. The van der Waals surface area contributed by atoms with Gasteiger partial charge in [0.25, 0.3) is 11.5 Å². The molecular formula is C26H31F2N7O3. The fourth-order valence-electron chi connectivity index (χ4n) is 4.44. The number of aryl methyl sites for hydroxylation is 2. The number of halogens is 2. The normalized spacial score (nSPS) is 14.4. The summed E-state index contributed by atoms with van der Waals surface area (Å²) in [5.41, 5.74) is 0.638. The van der Waals surface area contributed by atoms with E-state index >= 15 is 0 Å². The van der Waals surface area contributed by atoms with Crippen molar-refractivity contribution in [2.45, 2.75) is 71.3 Å². The number of aromatic nitrogens is 5. The zero-order chi connectivity index (χ0) is 27.1. The number of carbonyl (C=O) groups is 2. The molecule has 0 spiro atoms. The lowest BCUT2D eigenvalue weighted by Gasteiger charge is -2.13. The van der Waals surface area contributed by atoms with Crippen molar-refractivity contribution in [3.63, 3.8) is 0 Å². The summed E-state index contributed by atoms with van der Waals surface area (Å²) in [6.45, 7) is 1.87. The van der Waals surface area contributed by atoms with Crippen LogP contribution in [0.2, 0.25) is 0 Å². The smallest absolute Gasteiger partial charge is 0.288 e. The molecule has 0 saturated heterocycles. The Balaban J connectivity index is 1.25. The van der Waals surface area contributed by atoms with Gasteiger partial charge in [0.05, 0.1) is 18.4 Å². The van der Waals surface area contributed by atoms with Crippen molar-refractivity contribution in [2.24, 2.45) is 5.92 Å². The molecular weight excluding hydrogens is 496 g/mol. The van der Waals surface area contributed by atoms with Crippen LogP contribution in [0.4, 0.5) is 14.5 Å². The van der Waals surface area contributed by atoms with E-state index in [9.17, 15) is 23.2 Å². The Bertz CT molecular complexity index is 1320. The molecule has 1 saturated carbocycles. The third-order valence-electron chi connectivity index (χ3n) is 6.59. The number of nitrogens with one attached hydrogen (secondary N) is 2. The molecule has 3 heterocycles. The van der Waals surface area contributed by atoms with Gasteiger partial charge in [-0.1, -0.05) is 24.1 Å². The zero-order valence-electron chi connectivity index (χ0n) is 21.2. The van der Waals surface area contributed by atoms with Crippen LogP contribution in [0, 0.1) is 18.7 Å². The number of alkyl halides is 1. The molecule has 3 aromatic rings. The van der Waals surface area contributed by atoms with Crippen LogP contribution in [0.1, 0.15) is 60.3 Å². The van der Waals surface area contributed by atoms with E-state index in [1.165, 1.54) is 23.1 Å². The van der Waals surface area contributed by atoms with Crippen LogP contribution >= 0.6 is 0 Å². The van der Waals surface area contributed by atoms with Crippen LogP contribution in [0.5, 0.6) is 0 Å². The molecule has 1 atom stereocenters. The molecule has 0 aliphatic heterocycles. The number of rotatable bonds is 11. The monoisotopic (exact) mass is 527 g/mol. The van der Waals surface area contributed by atoms with Gasteiger partial charge in [-0.15, -0.1) is 5.10 Å². The molecule has 1 fully saturated rings. The molecule has 202 valence electrons. The van der Waals surface area contributed by atoms with Crippen molar-refractivity contribution >= 4 is 17.5 Å². The molecule has 0 bridgehead atoms. The molecule has 0 radical (unpaired) electrons. The van der Waals surface area contributed by atoms with Gasteiger partial charge in [0, 0.05) is 37.6 Å². The van der Waals surface area contributed by atoms with E-state index in [2.05, 4.69) is 25.9 Å². The van der Waals surface area contributed by atoms with E-state index < -0.39 is 23.5 Å². The van der Waals surface area contributed by atoms with E-state index in [0.717, 1.165) is 41.5 Å². The Morgan fingerprint density at radius 1 is 1.21 bits per heavy atom. The second kappa shape index (κ2) is 12.5. The first-order valence-corrected chi connectivity index (χ1v) is 12.7. The standard InChI is InChI=1S/C26H31F2N7O3/c1-17-6-7-19(13-29-17)14-30-25(37)22-16-35(33-32-22)15-20(27)8-10-34-11-9-21(24(28)26(34)38)31-23(36)12-18-4-2-3-5-18/h6-7,9,11,13,16,18,20H,2-5,8,10,12,14-15H2,1H3,(H,30,37)(H,31,36). The second-order valence-electron chi connectivity index (χ2n) is 9.65. The van der Waals surface area contributed by atoms with Gasteiger partial charge in [-0.2, -0.15) is 4.39 Å². The Labute approximate surface area is 218 Å². The van der Waals surface area contributed by atoms with Crippen LogP contribution in [0.15, 0.2) is 41.6 Å². The van der Waals surface area contributed by atoms with E-state index in [1.54, 1.807) is 6.20 Å². The maximum absolute atomic E-state index is 14.6. The number of hydrogen-bond donors (Lipinski definition) is 2. The molecule has 2 N–H and O–H groups in total. The third-order valence-corrected chi connectivity index (χ3v) is 6.59. The predicted octanol–water partition coefficient (Wildman–Crippen LogP) is 3.16. The Hall–Kier alpha value is -3.96. The van der Waals surface area contributed by atoms with Crippen LogP contribution in [0.25, 0.3) is 0 Å². The van der Waals surface area contributed by atoms with Crippen molar-refractivity contribution in [1.82, 2.24) is 29.9 Å². The summed E-state index contributed by atoms with van der Waals surface area (Å²) >= 11 is 0. The molecule has 1 aliphatic rings. The highest BCUT2D eigenvalue weighted by molar-refractivity contribution is 5.92. The van der Waals surface area contributed by atoms with E-state index in [1.807, 2.05) is 19.1 Å². The van der Waals surface area contributed by atoms with Crippen molar-refractivity contribution in [3.8, 4) is 0 Å². The van der Waals surface area contributed by atoms with Gasteiger partial charge in [-0.25, -0.2) is 9.07 Å². The number of nitrogens with zero attached hydrogens (tertiary/aromatic N) is 5. The number of amides is 2. The molecule has 38 heavy (non-hydrogen) atoms. The van der Waals surface area contributed by atoms with Gasteiger partial charge in [0.2, 0.25) is 11.7 Å². The summed E-state index contributed by atoms with van der Waals surface area (Å²) < 4.78 is 31.4. The molecule has 0 aromatic carbocycles. The second-order valence-corrected chi connectivity index (χ2v) is 9.65. The van der Waals surface area contributed by atoms with Gasteiger partial charge in [0.15, 0.2) is 5.69 Å². The number of hydrogen-bond acceptors (Lipinski definition) is 6. The quantitative estimate of drug-likeness (QED) is 0.395. The number of carbonyl (C=O) groups excluding carboxylic acids is 2. The van der Waals surface area contributed by atoms with Gasteiger partial charge in [-0.3, -0.25) is 19.4 Å². The lowest BCUT2D eigenvalue weighted by molar-refractivity contribution is -0.117. The molecule has 1 aliphatic carbocycles. The summed E-state index contributed by atoms with van der Waals surface area (Å²) in [4.78, 5) is 41.0. The van der Waals surface area contributed by atoms with Crippen molar-refractivity contribution in [3.05, 3.63) is 69.9 Å². The van der Waals surface area contributed by atoms with Gasteiger partial charge < -0.3 is 15.2 Å². The van der Waals surface area contributed by atoms with Gasteiger partial charge in [0.1, 0.15) is 6.17 Å². The van der Waals surface area contributed by atoms with E-state index in [0.29, 0.717) is 12.3 Å². The average molecular weight is 528 g/mol. The third kappa shape index (κ3) is 7.30. The summed E-state index contributed by atoms with van der Waals surface area (Å²) in [6, 6.07) is 5.00. The summed E-state index contributed by atoms with van der Waals surface area (Å²) in [5.74, 6) is -1.54. The van der Waals surface area contributed by atoms with Crippen molar-refractivity contribution in [1.29, 1.82) is 0 Å². The molecule has 4 rings (SSSR count). The zero-order valence-corrected chi connectivity index (χ0v) is 21.2. The minimum Gasteiger partial charge on any atom is -0.346 e. The fourth-order valence-corrected chi connectivity index (χ4v) is 4.44. The predicted molar refractivity (Wildman–Crippen MR) is 136 cm³/mol. The molecule has 2 amide bonds. The van der Waals surface area contributed by atoms with Gasteiger partial charge in [-0.05, 0) is 49.8 Å². The fraction of sp³-hybridized carbons (Fsp3) is 0.462.